The Balaban J connectivity index is 2.25. The van der Waals surface area contributed by atoms with Crippen molar-refractivity contribution >= 4 is 23.0 Å². The maximum Gasteiger partial charge on any atom is 0.337 e. The molecule has 3 N–H and O–H groups in total. The molecule has 0 saturated heterocycles. The highest BCUT2D eigenvalue weighted by Crippen LogP contribution is 2.25. The molecule has 0 saturated carbocycles. The van der Waals surface area contributed by atoms with Crippen LogP contribution in [-0.4, -0.2) is 13.1 Å². The lowest BCUT2D eigenvalue weighted by Crippen LogP contribution is -2.04. The van der Waals surface area contributed by atoms with Gasteiger partial charge in [0.2, 0.25) is 0 Å². The lowest BCUT2D eigenvalue weighted by atomic mass is 10.1. The Kier molecular flexibility index (Phi) is 3.89. The van der Waals surface area contributed by atoms with E-state index in [1.165, 1.54) is 19.2 Å². The molecule has 2 aromatic carbocycles. The molecule has 0 radical (unpaired) electrons. The minimum absolute atomic E-state index is 0.260. The van der Waals surface area contributed by atoms with E-state index in [4.69, 9.17) is 5.73 Å². The summed E-state index contributed by atoms with van der Waals surface area (Å²) in [6, 6.07) is 9.52. The van der Waals surface area contributed by atoms with Gasteiger partial charge in [-0.2, -0.15) is 0 Å². The standard InChI is InChI=1S/C15H15FN2O2/c1-9-7-11(4-5-12(9)16)18-14-6-3-10(8-13(14)17)15(19)20-2/h3-8,18H,17H2,1-2H3. The van der Waals surface area contributed by atoms with Crippen LogP contribution in [0.25, 0.3) is 0 Å². The number of nitrogens with two attached hydrogens (primary N) is 1. The van der Waals surface area contributed by atoms with E-state index in [0.717, 1.165) is 5.69 Å². The molecule has 104 valence electrons. The van der Waals surface area contributed by atoms with Crippen LogP contribution in [0.2, 0.25) is 0 Å². The number of nitrogen functional groups attached to an aromatic ring is 1. The van der Waals surface area contributed by atoms with Crippen molar-refractivity contribution in [2.75, 3.05) is 18.2 Å². The van der Waals surface area contributed by atoms with Crippen molar-refractivity contribution in [3.05, 3.63) is 53.3 Å². The first-order valence-electron chi connectivity index (χ1n) is 6.02. The van der Waals surface area contributed by atoms with Crippen LogP contribution in [0.1, 0.15) is 15.9 Å². The number of carbonyl (C=O) groups excluding carboxylic acids is 1. The van der Waals surface area contributed by atoms with Gasteiger partial charge < -0.3 is 15.8 Å². The highest BCUT2D eigenvalue weighted by Gasteiger charge is 2.08. The van der Waals surface area contributed by atoms with Crippen molar-refractivity contribution in [2.24, 2.45) is 0 Å². The fourth-order valence-electron chi connectivity index (χ4n) is 1.80. The largest absolute Gasteiger partial charge is 0.465 e. The summed E-state index contributed by atoms with van der Waals surface area (Å²) in [5, 5.41) is 3.08. The molecule has 5 heteroatoms. The number of methoxy groups -OCH3 is 1. The van der Waals surface area contributed by atoms with Gasteiger partial charge >= 0.3 is 5.97 Å². The van der Waals surface area contributed by atoms with Gasteiger partial charge in [0, 0.05) is 5.69 Å². The Bertz CT molecular complexity index is 656. The molecule has 0 heterocycles. The fourth-order valence-corrected chi connectivity index (χ4v) is 1.80. The number of benzene rings is 2. The number of carbonyl (C=O) groups is 1. The summed E-state index contributed by atoms with van der Waals surface area (Å²) in [6.07, 6.45) is 0. The van der Waals surface area contributed by atoms with Crippen molar-refractivity contribution in [2.45, 2.75) is 6.92 Å². The summed E-state index contributed by atoms with van der Waals surface area (Å²) < 4.78 is 17.8. The number of halogens is 1. The molecule has 0 spiro atoms. The average Bonchev–Trinajstić information content (AvgIpc) is 2.44. The molecule has 0 fully saturated rings. The normalized spacial score (nSPS) is 10.2. The summed E-state index contributed by atoms with van der Waals surface area (Å²) in [5.41, 5.74) is 8.58. The topological polar surface area (TPSA) is 64.3 Å². The summed E-state index contributed by atoms with van der Waals surface area (Å²) in [6.45, 7) is 1.68. The smallest absolute Gasteiger partial charge is 0.337 e. The van der Waals surface area contributed by atoms with Gasteiger partial charge in [-0.05, 0) is 48.9 Å². The van der Waals surface area contributed by atoms with Gasteiger partial charge in [-0.15, -0.1) is 0 Å². The van der Waals surface area contributed by atoms with Gasteiger partial charge in [-0.1, -0.05) is 0 Å². The number of hydrogen-bond acceptors (Lipinski definition) is 4. The number of anilines is 3. The molecular formula is C15H15FN2O2. The monoisotopic (exact) mass is 274 g/mol. The molecule has 0 aliphatic rings. The van der Waals surface area contributed by atoms with Crippen LogP contribution in [0.3, 0.4) is 0 Å². The van der Waals surface area contributed by atoms with Gasteiger partial charge in [0.1, 0.15) is 5.82 Å². The predicted octanol–water partition coefficient (Wildman–Crippen LogP) is 3.25. The van der Waals surface area contributed by atoms with E-state index in [0.29, 0.717) is 22.5 Å². The molecular weight excluding hydrogens is 259 g/mol. The zero-order valence-corrected chi connectivity index (χ0v) is 11.2. The first-order valence-corrected chi connectivity index (χ1v) is 6.02. The number of esters is 1. The SMILES string of the molecule is COC(=O)c1ccc(Nc2ccc(F)c(C)c2)c(N)c1. The van der Waals surface area contributed by atoms with Crippen molar-refractivity contribution < 1.29 is 13.9 Å². The molecule has 0 aliphatic carbocycles. The van der Waals surface area contributed by atoms with Crippen LogP contribution in [0.4, 0.5) is 21.5 Å². The molecule has 0 amide bonds. The van der Waals surface area contributed by atoms with E-state index in [-0.39, 0.29) is 5.82 Å². The lowest BCUT2D eigenvalue weighted by molar-refractivity contribution is 0.0601. The first-order chi connectivity index (χ1) is 9.51. The maximum absolute atomic E-state index is 13.2. The quantitative estimate of drug-likeness (QED) is 0.666. The summed E-state index contributed by atoms with van der Waals surface area (Å²) >= 11 is 0. The molecule has 0 unspecified atom stereocenters. The molecule has 2 rings (SSSR count). The average molecular weight is 274 g/mol. The second-order valence-electron chi connectivity index (χ2n) is 4.38. The minimum Gasteiger partial charge on any atom is -0.465 e. The van der Waals surface area contributed by atoms with E-state index in [1.807, 2.05) is 0 Å². The number of aryl methyl sites for hydroxylation is 1. The summed E-state index contributed by atoms with van der Waals surface area (Å²) in [7, 11) is 1.31. The molecule has 2 aromatic rings. The Morgan fingerprint density at radius 1 is 1.25 bits per heavy atom. The van der Waals surface area contributed by atoms with Gasteiger partial charge in [0.25, 0.3) is 0 Å². The summed E-state index contributed by atoms with van der Waals surface area (Å²) in [4.78, 5) is 11.4. The third-order valence-electron chi connectivity index (χ3n) is 2.91. The second kappa shape index (κ2) is 5.61. The third-order valence-corrected chi connectivity index (χ3v) is 2.91. The molecule has 20 heavy (non-hydrogen) atoms. The third kappa shape index (κ3) is 2.88. The maximum atomic E-state index is 13.2. The number of nitrogens with one attached hydrogen (secondary N) is 1. The van der Waals surface area contributed by atoms with Gasteiger partial charge in [-0.25, -0.2) is 9.18 Å². The van der Waals surface area contributed by atoms with Crippen LogP contribution >= 0.6 is 0 Å². The van der Waals surface area contributed by atoms with E-state index in [1.54, 1.807) is 31.2 Å². The van der Waals surface area contributed by atoms with Crippen LogP contribution in [0.5, 0.6) is 0 Å². The van der Waals surface area contributed by atoms with Crippen LogP contribution in [-0.2, 0) is 4.74 Å². The highest BCUT2D eigenvalue weighted by molar-refractivity contribution is 5.92. The number of hydrogen-bond donors (Lipinski definition) is 2. The Hall–Kier alpha value is -2.56. The number of ether oxygens (including phenoxy) is 1. The van der Waals surface area contributed by atoms with Crippen molar-refractivity contribution in [3.8, 4) is 0 Å². The van der Waals surface area contributed by atoms with E-state index in [2.05, 4.69) is 10.1 Å². The Morgan fingerprint density at radius 3 is 2.60 bits per heavy atom. The molecule has 0 aromatic heterocycles. The lowest BCUT2D eigenvalue weighted by Gasteiger charge is -2.11. The van der Waals surface area contributed by atoms with Crippen molar-refractivity contribution in [1.29, 1.82) is 0 Å². The molecule has 0 aliphatic heterocycles. The molecule has 4 nitrogen and oxygen atoms in total. The fraction of sp³-hybridized carbons (Fsp3) is 0.133. The van der Waals surface area contributed by atoms with Crippen molar-refractivity contribution in [1.82, 2.24) is 0 Å². The summed E-state index contributed by atoms with van der Waals surface area (Å²) in [5.74, 6) is -0.703. The number of rotatable bonds is 3. The van der Waals surface area contributed by atoms with Crippen LogP contribution in [0, 0.1) is 12.7 Å². The Labute approximate surface area is 116 Å². The van der Waals surface area contributed by atoms with E-state index in [9.17, 15) is 9.18 Å². The van der Waals surface area contributed by atoms with E-state index >= 15 is 0 Å². The Morgan fingerprint density at radius 2 is 2.00 bits per heavy atom. The van der Waals surface area contributed by atoms with E-state index < -0.39 is 5.97 Å². The van der Waals surface area contributed by atoms with Gasteiger partial charge in [-0.3, -0.25) is 0 Å². The molecule has 0 bridgehead atoms. The zero-order valence-electron chi connectivity index (χ0n) is 11.2. The minimum atomic E-state index is -0.444. The second-order valence-corrected chi connectivity index (χ2v) is 4.38. The van der Waals surface area contributed by atoms with Gasteiger partial charge in [0.05, 0.1) is 24.0 Å². The highest BCUT2D eigenvalue weighted by atomic mass is 19.1. The first kappa shape index (κ1) is 13.9. The van der Waals surface area contributed by atoms with Crippen LogP contribution < -0.4 is 11.1 Å². The zero-order chi connectivity index (χ0) is 14.7. The molecule has 0 atom stereocenters. The van der Waals surface area contributed by atoms with Crippen LogP contribution in [0.15, 0.2) is 36.4 Å². The van der Waals surface area contributed by atoms with Crippen molar-refractivity contribution in [3.63, 3.8) is 0 Å². The van der Waals surface area contributed by atoms with Gasteiger partial charge in [0.15, 0.2) is 0 Å². The predicted molar refractivity (Wildman–Crippen MR) is 76.6 cm³/mol.